The zero-order chi connectivity index (χ0) is 15.5. The van der Waals surface area contributed by atoms with E-state index in [1.165, 1.54) is 5.56 Å². The van der Waals surface area contributed by atoms with Gasteiger partial charge in [0.05, 0.1) is 26.4 Å². The summed E-state index contributed by atoms with van der Waals surface area (Å²) in [6.45, 7) is 9.96. The summed E-state index contributed by atoms with van der Waals surface area (Å²) in [6, 6.07) is 6.25. The Morgan fingerprint density at radius 2 is 2.05 bits per heavy atom. The van der Waals surface area contributed by atoms with Gasteiger partial charge in [0.25, 0.3) is 0 Å². The number of benzene rings is 1. The molecule has 0 aliphatic rings. The van der Waals surface area contributed by atoms with E-state index in [-0.39, 0.29) is 6.10 Å². The van der Waals surface area contributed by atoms with E-state index in [0.29, 0.717) is 13.2 Å². The van der Waals surface area contributed by atoms with Crippen LogP contribution in [0, 0.1) is 0 Å². The van der Waals surface area contributed by atoms with Crippen molar-refractivity contribution in [2.24, 2.45) is 0 Å². The van der Waals surface area contributed by atoms with Crippen molar-refractivity contribution in [3.63, 3.8) is 0 Å². The fraction of sp³-hybridized carbons (Fsp3) is 0.647. The van der Waals surface area contributed by atoms with Crippen molar-refractivity contribution in [2.45, 2.75) is 46.4 Å². The number of hydrogen-bond donors (Lipinski definition) is 1. The highest BCUT2D eigenvalue weighted by atomic mass is 16.5. The van der Waals surface area contributed by atoms with Crippen molar-refractivity contribution in [3.8, 4) is 5.75 Å². The standard InChI is InChI=1S/C17H29NO3/c1-5-9-18-11-15-7-8-17(19-4)16(10-15)13-21-14(3)12-20-6-2/h7-8,10,14,18H,5-6,9,11-13H2,1-4H3. The van der Waals surface area contributed by atoms with Crippen LogP contribution in [0.2, 0.25) is 0 Å². The van der Waals surface area contributed by atoms with Crippen LogP contribution in [0.1, 0.15) is 38.3 Å². The average molecular weight is 295 g/mol. The van der Waals surface area contributed by atoms with Crippen LogP contribution in [0.15, 0.2) is 18.2 Å². The first-order valence-electron chi connectivity index (χ1n) is 7.77. The molecule has 0 aliphatic heterocycles. The molecule has 4 heteroatoms. The maximum Gasteiger partial charge on any atom is 0.124 e. The molecular formula is C17H29NO3. The minimum absolute atomic E-state index is 0.0801. The van der Waals surface area contributed by atoms with Gasteiger partial charge in [-0.3, -0.25) is 0 Å². The molecule has 0 amide bonds. The van der Waals surface area contributed by atoms with Gasteiger partial charge in [-0.25, -0.2) is 0 Å². The van der Waals surface area contributed by atoms with Crippen LogP contribution >= 0.6 is 0 Å². The lowest BCUT2D eigenvalue weighted by Crippen LogP contribution is -2.16. The molecule has 1 atom stereocenters. The van der Waals surface area contributed by atoms with E-state index >= 15 is 0 Å². The van der Waals surface area contributed by atoms with Crippen LogP contribution in [0.5, 0.6) is 5.75 Å². The van der Waals surface area contributed by atoms with Gasteiger partial charge in [0.15, 0.2) is 0 Å². The number of rotatable bonds is 11. The third kappa shape index (κ3) is 6.93. The topological polar surface area (TPSA) is 39.7 Å². The van der Waals surface area contributed by atoms with Crippen molar-refractivity contribution in [1.82, 2.24) is 5.32 Å². The molecule has 1 N–H and O–H groups in total. The smallest absolute Gasteiger partial charge is 0.124 e. The van der Waals surface area contributed by atoms with Gasteiger partial charge in [0, 0.05) is 18.7 Å². The van der Waals surface area contributed by atoms with E-state index in [0.717, 1.165) is 37.4 Å². The number of nitrogens with one attached hydrogen (secondary N) is 1. The van der Waals surface area contributed by atoms with Crippen LogP contribution < -0.4 is 10.1 Å². The molecule has 0 radical (unpaired) electrons. The van der Waals surface area contributed by atoms with E-state index in [9.17, 15) is 0 Å². The Kier molecular flexibility index (Phi) is 9.06. The first-order valence-corrected chi connectivity index (χ1v) is 7.77. The molecule has 0 saturated carbocycles. The van der Waals surface area contributed by atoms with Crippen LogP contribution in [0.3, 0.4) is 0 Å². The Labute approximate surface area is 128 Å². The lowest BCUT2D eigenvalue weighted by atomic mass is 10.1. The maximum absolute atomic E-state index is 5.83. The molecule has 0 fully saturated rings. The molecule has 1 aromatic carbocycles. The van der Waals surface area contributed by atoms with Crippen molar-refractivity contribution in [1.29, 1.82) is 0 Å². The molecule has 1 unspecified atom stereocenters. The third-order valence-corrected chi connectivity index (χ3v) is 3.18. The molecule has 0 heterocycles. The van der Waals surface area contributed by atoms with Crippen molar-refractivity contribution in [3.05, 3.63) is 29.3 Å². The molecule has 21 heavy (non-hydrogen) atoms. The van der Waals surface area contributed by atoms with Gasteiger partial charge >= 0.3 is 0 Å². The maximum atomic E-state index is 5.83. The molecule has 0 aromatic heterocycles. The molecule has 4 nitrogen and oxygen atoms in total. The van der Waals surface area contributed by atoms with Crippen molar-refractivity contribution in [2.75, 3.05) is 26.9 Å². The highest BCUT2D eigenvalue weighted by molar-refractivity contribution is 5.36. The fourth-order valence-corrected chi connectivity index (χ4v) is 2.03. The Hall–Kier alpha value is -1.10. The van der Waals surface area contributed by atoms with Gasteiger partial charge in [-0.05, 0) is 44.5 Å². The van der Waals surface area contributed by atoms with Crippen LogP contribution in [-0.4, -0.2) is 33.0 Å². The predicted octanol–water partition coefficient (Wildman–Crippen LogP) is 3.14. The molecular weight excluding hydrogens is 266 g/mol. The van der Waals surface area contributed by atoms with Gasteiger partial charge in [-0.15, -0.1) is 0 Å². The second-order valence-corrected chi connectivity index (χ2v) is 5.10. The first kappa shape index (κ1) is 18.0. The molecule has 0 aliphatic carbocycles. The van der Waals surface area contributed by atoms with E-state index in [1.54, 1.807) is 7.11 Å². The third-order valence-electron chi connectivity index (χ3n) is 3.18. The summed E-state index contributed by atoms with van der Waals surface area (Å²) < 4.78 is 16.6. The second-order valence-electron chi connectivity index (χ2n) is 5.10. The Balaban J connectivity index is 2.58. The van der Waals surface area contributed by atoms with Crippen molar-refractivity contribution >= 4 is 0 Å². The molecule has 0 saturated heterocycles. The summed E-state index contributed by atoms with van der Waals surface area (Å²) in [6.07, 6.45) is 1.22. The Bertz CT molecular complexity index is 396. The second kappa shape index (κ2) is 10.6. The van der Waals surface area contributed by atoms with Crippen LogP contribution in [0.4, 0.5) is 0 Å². The first-order chi connectivity index (χ1) is 10.2. The van der Waals surface area contributed by atoms with Gasteiger partial charge < -0.3 is 19.5 Å². The molecule has 1 aromatic rings. The van der Waals surface area contributed by atoms with E-state index < -0.39 is 0 Å². The molecule has 1 rings (SSSR count). The van der Waals surface area contributed by atoms with Crippen LogP contribution in [0.25, 0.3) is 0 Å². The summed E-state index contributed by atoms with van der Waals surface area (Å²) >= 11 is 0. The average Bonchev–Trinajstić information content (AvgIpc) is 2.51. The highest BCUT2D eigenvalue weighted by Crippen LogP contribution is 2.21. The minimum atomic E-state index is 0.0801. The van der Waals surface area contributed by atoms with Gasteiger partial charge in [-0.1, -0.05) is 13.0 Å². The zero-order valence-corrected chi connectivity index (χ0v) is 13.8. The highest BCUT2D eigenvalue weighted by Gasteiger charge is 2.08. The van der Waals surface area contributed by atoms with Gasteiger partial charge in [0.2, 0.25) is 0 Å². The quantitative estimate of drug-likeness (QED) is 0.637. The summed E-state index contributed by atoms with van der Waals surface area (Å²) in [7, 11) is 1.69. The van der Waals surface area contributed by atoms with Gasteiger partial charge in [0.1, 0.15) is 5.75 Å². The number of ether oxygens (including phenoxy) is 3. The number of hydrogen-bond acceptors (Lipinski definition) is 4. The molecule has 0 spiro atoms. The zero-order valence-electron chi connectivity index (χ0n) is 13.8. The minimum Gasteiger partial charge on any atom is -0.496 e. The van der Waals surface area contributed by atoms with Crippen molar-refractivity contribution < 1.29 is 14.2 Å². The fourth-order valence-electron chi connectivity index (χ4n) is 2.03. The SMILES string of the molecule is CCCNCc1ccc(OC)c(COC(C)COCC)c1. The van der Waals surface area contributed by atoms with Gasteiger partial charge in [-0.2, -0.15) is 0 Å². The largest absolute Gasteiger partial charge is 0.496 e. The normalized spacial score (nSPS) is 12.4. The predicted molar refractivity (Wildman–Crippen MR) is 85.7 cm³/mol. The monoisotopic (exact) mass is 295 g/mol. The molecule has 0 bridgehead atoms. The molecule has 120 valence electrons. The van der Waals surface area contributed by atoms with E-state index in [4.69, 9.17) is 14.2 Å². The van der Waals surface area contributed by atoms with E-state index in [1.807, 2.05) is 19.9 Å². The van der Waals surface area contributed by atoms with E-state index in [2.05, 4.69) is 24.4 Å². The van der Waals surface area contributed by atoms with Crippen LogP contribution in [-0.2, 0) is 22.6 Å². The number of methoxy groups -OCH3 is 1. The summed E-state index contributed by atoms with van der Waals surface area (Å²) in [5.41, 5.74) is 2.33. The summed E-state index contributed by atoms with van der Waals surface area (Å²) in [5.74, 6) is 0.873. The lowest BCUT2D eigenvalue weighted by Gasteiger charge is -2.15. The summed E-state index contributed by atoms with van der Waals surface area (Å²) in [5, 5.41) is 3.41. The lowest BCUT2D eigenvalue weighted by molar-refractivity contribution is -0.0122. The Morgan fingerprint density at radius 3 is 2.71 bits per heavy atom. The Morgan fingerprint density at radius 1 is 1.24 bits per heavy atom. The summed E-state index contributed by atoms with van der Waals surface area (Å²) in [4.78, 5) is 0.